The lowest BCUT2D eigenvalue weighted by atomic mass is 11.9. The molecule has 0 saturated carbocycles. The molecule has 0 aromatic rings. The minimum absolute atomic E-state index is 1.68. The van der Waals surface area contributed by atoms with Gasteiger partial charge in [0.1, 0.15) is 0 Å². The van der Waals surface area contributed by atoms with Crippen LogP contribution in [0, 0.1) is 0 Å². The fourth-order valence-corrected chi connectivity index (χ4v) is 1.69. The topological polar surface area (TPSA) is 27.7 Å². The van der Waals surface area contributed by atoms with Crippen LogP contribution in [0.3, 0.4) is 0 Å². The highest BCUT2D eigenvalue weighted by atomic mass is 28.5. The van der Waals surface area contributed by atoms with Crippen molar-refractivity contribution >= 4 is 40.3 Å². The van der Waals surface area contributed by atoms with Crippen LogP contribution in [0.2, 0.25) is 6.55 Å². The molecule has 0 unspecified atom stereocenters. The van der Waals surface area contributed by atoms with E-state index in [1.165, 1.54) is 0 Å². The predicted molar refractivity (Wildman–Crippen MR) is 32.1 cm³/mol. The van der Waals surface area contributed by atoms with Gasteiger partial charge in [0.05, 0.1) is 0 Å². The van der Waals surface area contributed by atoms with Gasteiger partial charge in [-0.1, -0.05) is 0 Å². The maximum Gasteiger partial charge on any atom is 0.465 e. The molecule has 0 aliphatic heterocycles. The Morgan fingerprint density at radius 3 is 1.25 bits per heavy atom. The molecular formula is CH3O3Si4. The summed E-state index contributed by atoms with van der Waals surface area (Å²) < 4.78 is 13.9. The van der Waals surface area contributed by atoms with Crippen LogP contribution in [-0.2, 0) is 12.3 Å². The van der Waals surface area contributed by atoms with Gasteiger partial charge in [-0.3, -0.25) is 0 Å². The Morgan fingerprint density at radius 1 is 1.00 bits per heavy atom. The van der Waals surface area contributed by atoms with E-state index in [9.17, 15) is 0 Å². The zero-order chi connectivity index (χ0) is 6.62. The second kappa shape index (κ2) is 3.71. The smallest absolute Gasteiger partial charge is 0.417 e. The van der Waals surface area contributed by atoms with Crippen molar-refractivity contribution in [1.82, 2.24) is 0 Å². The van der Waals surface area contributed by atoms with Crippen LogP contribution in [0.25, 0.3) is 0 Å². The number of hydrogen-bond donors (Lipinski definition) is 0. The van der Waals surface area contributed by atoms with E-state index in [2.05, 4.69) is 43.8 Å². The molecule has 0 aromatic heterocycles. The van der Waals surface area contributed by atoms with E-state index in [1.54, 1.807) is 6.55 Å². The summed E-state index contributed by atoms with van der Waals surface area (Å²) in [5, 5.41) is 0. The SMILES string of the molecule is C[Si](O[Si])(O[Si])O[Si]. The highest BCUT2D eigenvalue weighted by molar-refractivity contribution is 6.67. The van der Waals surface area contributed by atoms with Crippen LogP contribution in [0.4, 0.5) is 0 Å². The number of rotatable bonds is 3. The Bertz CT molecular complexity index is 54.0. The first kappa shape index (κ1) is 8.75. The molecule has 3 nitrogen and oxygen atoms in total. The zero-order valence-electron chi connectivity index (χ0n) is 4.22. The average Bonchev–Trinajstić information content (AvgIpc) is 1.87. The summed E-state index contributed by atoms with van der Waals surface area (Å²) in [6.07, 6.45) is 0. The molecule has 0 heterocycles. The molecule has 7 heteroatoms. The summed E-state index contributed by atoms with van der Waals surface area (Å²) in [4.78, 5) is 0. The second-order valence-electron chi connectivity index (χ2n) is 1.17. The summed E-state index contributed by atoms with van der Waals surface area (Å²) in [6, 6.07) is 0. The van der Waals surface area contributed by atoms with Crippen molar-refractivity contribution < 1.29 is 12.3 Å². The molecule has 0 aliphatic rings. The molecule has 9 radical (unpaired) electrons. The van der Waals surface area contributed by atoms with Gasteiger partial charge >= 0.3 is 8.80 Å². The van der Waals surface area contributed by atoms with Crippen molar-refractivity contribution in [3.05, 3.63) is 0 Å². The van der Waals surface area contributed by atoms with Crippen LogP contribution < -0.4 is 0 Å². The van der Waals surface area contributed by atoms with E-state index in [1.807, 2.05) is 0 Å². The summed E-state index contributed by atoms with van der Waals surface area (Å²) in [5.41, 5.74) is 0. The van der Waals surface area contributed by atoms with Crippen LogP contribution in [0.1, 0.15) is 0 Å². The lowest BCUT2D eigenvalue weighted by Gasteiger charge is -2.19. The molecule has 0 fully saturated rings. The quantitative estimate of drug-likeness (QED) is 0.507. The Labute approximate surface area is 59.7 Å². The molecular weight excluding hydrogens is 172 g/mol. The van der Waals surface area contributed by atoms with Gasteiger partial charge in [0.15, 0.2) is 0 Å². The third-order valence-corrected chi connectivity index (χ3v) is 5.01. The molecule has 41 valence electrons. The van der Waals surface area contributed by atoms with E-state index < -0.39 is 8.80 Å². The van der Waals surface area contributed by atoms with E-state index >= 15 is 0 Å². The second-order valence-corrected chi connectivity index (χ2v) is 5.34. The summed E-state index contributed by atoms with van der Waals surface area (Å²) in [5.74, 6) is 0. The number of hydrogen-bond acceptors (Lipinski definition) is 3. The molecule has 8 heavy (non-hydrogen) atoms. The van der Waals surface area contributed by atoms with Crippen molar-refractivity contribution in [3.63, 3.8) is 0 Å². The highest BCUT2D eigenvalue weighted by Gasteiger charge is 2.27. The molecule has 0 aliphatic carbocycles. The molecule has 0 N–H and O–H groups in total. The summed E-state index contributed by atoms with van der Waals surface area (Å²) >= 11 is 0. The van der Waals surface area contributed by atoms with Crippen LogP contribution in [0.5, 0.6) is 0 Å². The Morgan fingerprint density at radius 2 is 1.25 bits per heavy atom. The van der Waals surface area contributed by atoms with Crippen LogP contribution >= 0.6 is 0 Å². The van der Waals surface area contributed by atoms with Gasteiger partial charge in [0, 0.05) is 6.55 Å². The van der Waals surface area contributed by atoms with Gasteiger partial charge in [-0.05, 0) is 0 Å². The minimum Gasteiger partial charge on any atom is -0.417 e. The Hall–Kier alpha value is 0.748. The molecule has 0 saturated heterocycles. The van der Waals surface area contributed by atoms with E-state index in [-0.39, 0.29) is 0 Å². The third-order valence-electron chi connectivity index (χ3n) is 0.556. The average molecular weight is 175 g/mol. The van der Waals surface area contributed by atoms with Gasteiger partial charge in [0.25, 0.3) is 0 Å². The van der Waals surface area contributed by atoms with Gasteiger partial charge in [-0.2, -0.15) is 0 Å². The lowest BCUT2D eigenvalue weighted by molar-refractivity contribution is 0.307. The zero-order valence-corrected chi connectivity index (χ0v) is 8.22. The highest BCUT2D eigenvalue weighted by Crippen LogP contribution is 2.00. The molecule has 0 aromatic carbocycles. The predicted octanol–water partition coefficient (Wildman–Crippen LogP) is -1.14. The first-order valence-electron chi connectivity index (χ1n) is 1.72. The Balaban J connectivity index is 3.58. The van der Waals surface area contributed by atoms with Crippen molar-refractivity contribution in [2.45, 2.75) is 6.55 Å². The molecule has 0 spiro atoms. The first-order valence-corrected chi connectivity index (χ1v) is 5.17. The van der Waals surface area contributed by atoms with Crippen molar-refractivity contribution in [2.24, 2.45) is 0 Å². The van der Waals surface area contributed by atoms with Gasteiger partial charge in [0.2, 0.25) is 31.5 Å². The fourth-order valence-electron chi connectivity index (χ4n) is 0.0625. The lowest BCUT2D eigenvalue weighted by Crippen LogP contribution is -2.40. The third kappa shape index (κ3) is 2.35. The standard InChI is InChI=1S/CH3O3Si4/c1-8(2-5,3-6)4-7/h1H3. The van der Waals surface area contributed by atoms with E-state index in [0.29, 0.717) is 0 Å². The van der Waals surface area contributed by atoms with Gasteiger partial charge < -0.3 is 12.3 Å². The molecule has 0 bridgehead atoms. The van der Waals surface area contributed by atoms with Crippen LogP contribution in [0.15, 0.2) is 0 Å². The van der Waals surface area contributed by atoms with Crippen molar-refractivity contribution in [1.29, 1.82) is 0 Å². The van der Waals surface area contributed by atoms with Gasteiger partial charge in [-0.25, -0.2) is 0 Å². The minimum atomic E-state index is -2.43. The molecule has 0 rings (SSSR count). The van der Waals surface area contributed by atoms with Gasteiger partial charge in [-0.15, -0.1) is 0 Å². The van der Waals surface area contributed by atoms with Crippen molar-refractivity contribution in [3.8, 4) is 0 Å². The van der Waals surface area contributed by atoms with E-state index in [0.717, 1.165) is 0 Å². The summed E-state index contributed by atoms with van der Waals surface area (Å²) in [6.45, 7) is 1.68. The Kier molecular flexibility index (Phi) is 4.06. The fraction of sp³-hybridized carbons (Fsp3) is 1.00. The summed E-state index contributed by atoms with van der Waals surface area (Å²) in [7, 11) is 5.93. The van der Waals surface area contributed by atoms with Crippen molar-refractivity contribution in [2.75, 3.05) is 0 Å². The maximum absolute atomic E-state index is 4.64. The largest absolute Gasteiger partial charge is 0.465 e. The molecule has 0 amide bonds. The maximum atomic E-state index is 4.64. The molecule has 0 atom stereocenters. The van der Waals surface area contributed by atoms with E-state index in [4.69, 9.17) is 0 Å². The monoisotopic (exact) mass is 175 g/mol. The van der Waals surface area contributed by atoms with Crippen LogP contribution in [-0.4, -0.2) is 40.3 Å². The first-order chi connectivity index (χ1) is 3.68. The normalized spacial score (nSPS) is 12.0.